The fourth-order valence-corrected chi connectivity index (χ4v) is 6.73. The first-order valence-electron chi connectivity index (χ1n) is 10.3. The molecule has 0 aliphatic carbocycles. The number of aromatic amines is 1. The molecule has 4 N–H and O–H groups in total. The molecule has 178 valence electrons. The summed E-state index contributed by atoms with van der Waals surface area (Å²) in [4.78, 5) is 33.9. The lowest BCUT2D eigenvalue weighted by Crippen LogP contribution is -2.44. The van der Waals surface area contributed by atoms with Crippen molar-refractivity contribution in [1.29, 1.82) is 0 Å². The molecule has 2 aromatic rings. The summed E-state index contributed by atoms with van der Waals surface area (Å²) in [5, 5.41) is 0. The van der Waals surface area contributed by atoms with E-state index in [0.29, 0.717) is 6.42 Å². The van der Waals surface area contributed by atoms with Crippen molar-refractivity contribution in [2.75, 3.05) is 12.3 Å². The summed E-state index contributed by atoms with van der Waals surface area (Å²) in [6, 6.07) is 0. The Hall–Kier alpha value is -1.40. The summed E-state index contributed by atoms with van der Waals surface area (Å²) in [5.74, 6) is -0.0324. The van der Waals surface area contributed by atoms with E-state index in [9.17, 15) is 9.69 Å². The summed E-state index contributed by atoms with van der Waals surface area (Å²) >= 11 is 5.32. The van der Waals surface area contributed by atoms with Crippen LogP contribution < -0.4 is 11.3 Å². The highest BCUT2D eigenvalue weighted by Gasteiger charge is 2.65. The zero-order valence-corrected chi connectivity index (χ0v) is 20.7. The molecule has 4 heterocycles. The van der Waals surface area contributed by atoms with Crippen LogP contribution >= 0.6 is 6.72 Å². The van der Waals surface area contributed by atoms with Crippen LogP contribution in [0.4, 0.5) is 5.95 Å². The van der Waals surface area contributed by atoms with Crippen molar-refractivity contribution in [2.24, 2.45) is 5.41 Å². The number of anilines is 1. The molecule has 2 aromatic heterocycles. The number of ether oxygens (including phenoxy) is 2. The molecule has 11 nitrogen and oxygen atoms in total. The van der Waals surface area contributed by atoms with E-state index in [2.05, 4.69) is 35.7 Å². The van der Waals surface area contributed by atoms with Crippen LogP contribution in [0.2, 0.25) is 0 Å². The second kappa shape index (κ2) is 7.56. The van der Waals surface area contributed by atoms with Crippen LogP contribution in [0.25, 0.3) is 11.2 Å². The fourth-order valence-electron chi connectivity index (χ4n) is 4.45. The summed E-state index contributed by atoms with van der Waals surface area (Å²) in [7, 11) is 0. The molecule has 0 radical (unpaired) electrons. The lowest BCUT2D eigenvalue weighted by molar-refractivity contribution is -0.182. The van der Waals surface area contributed by atoms with Crippen molar-refractivity contribution in [2.45, 2.75) is 77.6 Å². The molecule has 5 atom stereocenters. The van der Waals surface area contributed by atoms with E-state index in [0.717, 1.165) is 0 Å². The zero-order valence-electron chi connectivity index (χ0n) is 19.0. The molecule has 4 rings (SSSR count). The zero-order chi connectivity index (χ0) is 23.7. The van der Waals surface area contributed by atoms with Gasteiger partial charge in [-0.3, -0.25) is 18.9 Å². The van der Waals surface area contributed by atoms with Crippen molar-refractivity contribution >= 4 is 35.6 Å². The van der Waals surface area contributed by atoms with Crippen LogP contribution in [0.3, 0.4) is 0 Å². The Morgan fingerprint density at radius 2 is 2.09 bits per heavy atom. The molecular formula is C19H30N5O6PS. The summed E-state index contributed by atoms with van der Waals surface area (Å²) in [6.07, 6.45) is 0.00536. The van der Waals surface area contributed by atoms with Crippen molar-refractivity contribution in [3.63, 3.8) is 0 Å². The van der Waals surface area contributed by atoms with Gasteiger partial charge in [0.15, 0.2) is 17.4 Å². The van der Waals surface area contributed by atoms with Crippen LogP contribution in [0.15, 0.2) is 11.1 Å². The standard InChI is InChI=1S/C19H30N5O6PS/c1-17(2,3)7-19-8-27-11(12(19)29-31(26,32)30-18(4,5)6)15(28-19)24-9-21-10-13(24)22-16(20)23-14(10)25/h9,11-12,15H,7-8H2,1-6H3,(H,26,32)(H3,20,22,23,25)/t11?,12-,15-,19+,31?/m1/s1. The maximum Gasteiger partial charge on any atom is 0.325 e. The maximum atomic E-state index is 12.2. The van der Waals surface area contributed by atoms with Gasteiger partial charge < -0.3 is 24.6 Å². The number of hydrogen-bond donors (Lipinski definition) is 3. The normalized spacial score (nSPS) is 30.2. The van der Waals surface area contributed by atoms with Crippen molar-refractivity contribution < 1.29 is 23.4 Å². The minimum atomic E-state index is -3.62. The number of H-pyrrole nitrogens is 1. The van der Waals surface area contributed by atoms with Gasteiger partial charge >= 0.3 is 6.72 Å². The first-order valence-corrected chi connectivity index (χ1v) is 12.9. The Bertz CT molecular complexity index is 1140. The summed E-state index contributed by atoms with van der Waals surface area (Å²) < 4.78 is 26.0. The number of hydrogen-bond acceptors (Lipinski definition) is 9. The van der Waals surface area contributed by atoms with Gasteiger partial charge in [0.1, 0.15) is 17.8 Å². The van der Waals surface area contributed by atoms with Gasteiger partial charge in [-0.15, -0.1) is 0 Å². The molecular weight excluding hydrogens is 457 g/mol. The number of imidazole rings is 1. The van der Waals surface area contributed by atoms with E-state index >= 15 is 0 Å². The number of fused-ring (bicyclic) bond motifs is 3. The topological polar surface area (TPSA) is 147 Å². The maximum absolute atomic E-state index is 12.2. The number of nitrogens with zero attached hydrogens (tertiary/aromatic N) is 3. The largest absolute Gasteiger partial charge is 0.369 e. The van der Waals surface area contributed by atoms with E-state index in [1.807, 2.05) is 0 Å². The van der Waals surface area contributed by atoms with E-state index in [1.54, 1.807) is 25.3 Å². The SMILES string of the molecule is CC(C)(C)C[C@@]12COC([C@H](n3cnc4c(=O)[nH]c(N)nc43)O1)[C@H]2OP(O)(=S)OC(C)(C)C. The highest BCUT2D eigenvalue weighted by Crippen LogP contribution is 2.58. The van der Waals surface area contributed by atoms with Gasteiger partial charge in [0.05, 0.1) is 18.5 Å². The molecule has 0 aromatic carbocycles. The monoisotopic (exact) mass is 487 g/mol. The van der Waals surface area contributed by atoms with Gasteiger partial charge in [-0.1, -0.05) is 20.8 Å². The van der Waals surface area contributed by atoms with Crippen LogP contribution in [0.5, 0.6) is 0 Å². The van der Waals surface area contributed by atoms with Gasteiger partial charge in [-0.05, 0) is 44.4 Å². The fraction of sp³-hybridized carbons (Fsp3) is 0.737. The number of aromatic nitrogens is 4. The van der Waals surface area contributed by atoms with E-state index in [4.69, 9.17) is 36.1 Å². The molecule has 32 heavy (non-hydrogen) atoms. The summed E-state index contributed by atoms with van der Waals surface area (Å²) in [5.41, 5.74) is 3.98. The third kappa shape index (κ3) is 4.50. The summed E-state index contributed by atoms with van der Waals surface area (Å²) in [6.45, 7) is 8.28. The van der Waals surface area contributed by atoms with Gasteiger partial charge in [0.2, 0.25) is 5.95 Å². The third-order valence-corrected chi connectivity index (χ3v) is 6.92. The number of nitrogen functional groups attached to an aromatic ring is 1. The van der Waals surface area contributed by atoms with Crippen LogP contribution in [-0.2, 0) is 30.3 Å². The minimum Gasteiger partial charge on any atom is -0.369 e. The van der Waals surface area contributed by atoms with E-state index in [1.165, 1.54) is 6.33 Å². The first-order chi connectivity index (χ1) is 14.6. The Labute approximate surface area is 190 Å². The Balaban J connectivity index is 1.74. The predicted octanol–water partition coefficient (Wildman–Crippen LogP) is 2.22. The van der Waals surface area contributed by atoms with Gasteiger partial charge in [-0.25, -0.2) is 4.98 Å². The molecule has 2 aliphatic heterocycles. The highest BCUT2D eigenvalue weighted by atomic mass is 32.5. The predicted molar refractivity (Wildman–Crippen MR) is 121 cm³/mol. The van der Waals surface area contributed by atoms with Crippen molar-refractivity contribution in [3.05, 3.63) is 16.7 Å². The number of nitrogens with two attached hydrogens (primary N) is 1. The third-order valence-electron chi connectivity index (χ3n) is 5.16. The van der Waals surface area contributed by atoms with Gasteiger partial charge in [-0.2, -0.15) is 4.98 Å². The highest BCUT2D eigenvalue weighted by molar-refractivity contribution is 8.07. The quantitative estimate of drug-likeness (QED) is 0.536. The molecule has 2 unspecified atom stereocenters. The Kier molecular flexibility index (Phi) is 5.61. The molecule has 2 aliphatic rings. The molecule has 13 heteroatoms. The van der Waals surface area contributed by atoms with Gasteiger partial charge in [0.25, 0.3) is 5.56 Å². The van der Waals surface area contributed by atoms with Crippen molar-refractivity contribution in [1.82, 2.24) is 19.5 Å². The van der Waals surface area contributed by atoms with E-state index in [-0.39, 0.29) is 29.1 Å². The number of rotatable bonds is 5. The minimum absolute atomic E-state index is 0.0324. The molecule has 2 fully saturated rings. The van der Waals surface area contributed by atoms with E-state index < -0.39 is 41.9 Å². The Morgan fingerprint density at radius 3 is 2.72 bits per heavy atom. The molecule has 0 saturated carbocycles. The Morgan fingerprint density at radius 1 is 1.41 bits per heavy atom. The average molecular weight is 488 g/mol. The molecule has 0 spiro atoms. The second-order valence-corrected chi connectivity index (χ2v) is 13.3. The van der Waals surface area contributed by atoms with Gasteiger partial charge in [0, 0.05) is 0 Å². The molecule has 2 bridgehead atoms. The van der Waals surface area contributed by atoms with Crippen LogP contribution in [0.1, 0.15) is 54.2 Å². The van der Waals surface area contributed by atoms with Crippen LogP contribution in [-0.4, -0.2) is 54.4 Å². The van der Waals surface area contributed by atoms with Crippen LogP contribution in [0, 0.1) is 5.41 Å². The lowest BCUT2D eigenvalue weighted by Gasteiger charge is -2.37. The molecule has 0 amide bonds. The van der Waals surface area contributed by atoms with Crippen molar-refractivity contribution in [3.8, 4) is 0 Å². The first kappa shape index (κ1) is 23.7. The smallest absolute Gasteiger partial charge is 0.325 e. The number of nitrogens with one attached hydrogen (secondary N) is 1. The lowest BCUT2D eigenvalue weighted by atomic mass is 9.80. The molecule has 2 saturated heterocycles. The average Bonchev–Trinajstić information content (AvgIpc) is 3.20. The second-order valence-electron chi connectivity index (χ2n) is 10.6.